The Bertz CT molecular complexity index is 669. The molecule has 1 aliphatic rings. The molecule has 0 unspecified atom stereocenters. The molecule has 0 radical (unpaired) electrons. The van der Waals surface area contributed by atoms with Crippen LogP contribution in [0.25, 0.3) is 6.08 Å². The highest BCUT2D eigenvalue weighted by Crippen LogP contribution is 2.33. The van der Waals surface area contributed by atoms with Gasteiger partial charge in [-0.3, -0.25) is 19.3 Å². The first kappa shape index (κ1) is 15.9. The van der Waals surface area contributed by atoms with E-state index in [1.807, 2.05) is 0 Å². The van der Waals surface area contributed by atoms with Crippen LogP contribution in [0.15, 0.2) is 23.1 Å². The normalized spacial score (nSPS) is 16.3. The molecule has 1 aromatic carbocycles. The van der Waals surface area contributed by atoms with Crippen molar-refractivity contribution in [1.82, 2.24) is 4.90 Å². The highest BCUT2D eigenvalue weighted by atomic mass is 32.2. The van der Waals surface area contributed by atoms with E-state index in [2.05, 4.69) is 4.74 Å². The largest absolute Gasteiger partial charge is 0.504 e. The predicted molar refractivity (Wildman–Crippen MR) is 79.4 cm³/mol. The fourth-order valence-corrected chi connectivity index (χ4v) is 2.62. The smallest absolute Gasteiger partial charge is 0.325 e. The SMILES string of the molecule is COC(=O)CN1C(=O)S/C(=C\c2ccc(OC)c(O)c2)C1=O. The number of hydrogen-bond acceptors (Lipinski definition) is 7. The molecule has 0 bridgehead atoms. The summed E-state index contributed by atoms with van der Waals surface area (Å²) in [6.07, 6.45) is 1.46. The first-order chi connectivity index (χ1) is 10.5. The molecule has 2 rings (SSSR count). The lowest BCUT2D eigenvalue weighted by molar-refractivity contribution is -0.143. The maximum atomic E-state index is 12.1. The van der Waals surface area contributed by atoms with Gasteiger partial charge in [0.1, 0.15) is 6.54 Å². The van der Waals surface area contributed by atoms with Crippen molar-refractivity contribution in [3.8, 4) is 11.5 Å². The first-order valence-corrected chi connectivity index (χ1v) is 6.97. The molecule has 1 N–H and O–H groups in total. The van der Waals surface area contributed by atoms with Gasteiger partial charge in [0.2, 0.25) is 0 Å². The van der Waals surface area contributed by atoms with Gasteiger partial charge in [0, 0.05) is 0 Å². The summed E-state index contributed by atoms with van der Waals surface area (Å²) >= 11 is 0.723. The third-order valence-corrected chi connectivity index (χ3v) is 3.80. The molecule has 0 aliphatic carbocycles. The average Bonchev–Trinajstić information content (AvgIpc) is 2.75. The summed E-state index contributed by atoms with van der Waals surface area (Å²) in [6, 6.07) is 4.58. The minimum atomic E-state index is -0.675. The lowest BCUT2D eigenvalue weighted by Crippen LogP contribution is -2.34. The minimum absolute atomic E-state index is 0.0787. The Kier molecular flexibility index (Phi) is 4.71. The third-order valence-electron chi connectivity index (χ3n) is 2.89. The van der Waals surface area contributed by atoms with Crippen molar-refractivity contribution >= 4 is 35.0 Å². The number of thioether (sulfide) groups is 1. The number of carbonyl (C=O) groups is 3. The van der Waals surface area contributed by atoms with Gasteiger partial charge in [-0.1, -0.05) is 6.07 Å². The molecule has 1 fully saturated rings. The maximum Gasteiger partial charge on any atom is 0.325 e. The number of phenols is 1. The number of phenolic OH excluding ortho intramolecular Hbond substituents is 1. The highest BCUT2D eigenvalue weighted by molar-refractivity contribution is 8.18. The molecular formula is C14H13NO6S. The number of hydrogen-bond donors (Lipinski definition) is 1. The van der Waals surface area contributed by atoms with Crippen LogP contribution in [0.2, 0.25) is 0 Å². The van der Waals surface area contributed by atoms with E-state index < -0.39 is 23.7 Å². The van der Waals surface area contributed by atoms with Crippen molar-refractivity contribution in [2.45, 2.75) is 0 Å². The number of rotatable bonds is 4. The Morgan fingerprint density at radius 2 is 2.09 bits per heavy atom. The van der Waals surface area contributed by atoms with Crippen LogP contribution < -0.4 is 4.74 Å². The van der Waals surface area contributed by atoms with Crippen LogP contribution >= 0.6 is 11.8 Å². The van der Waals surface area contributed by atoms with Crippen molar-refractivity contribution in [2.75, 3.05) is 20.8 Å². The molecule has 22 heavy (non-hydrogen) atoms. The molecule has 1 aromatic rings. The van der Waals surface area contributed by atoms with Crippen molar-refractivity contribution in [3.63, 3.8) is 0 Å². The van der Waals surface area contributed by atoms with E-state index in [1.54, 1.807) is 12.1 Å². The second-order valence-electron chi connectivity index (χ2n) is 4.28. The molecule has 0 spiro atoms. The molecule has 0 atom stereocenters. The molecule has 0 saturated carbocycles. The molecule has 1 saturated heterocycles. The Balaban J connectivity index is 2.22. The monoisotopic (exact) mass is 323 g/mol. The summed E-state index contributed by atoms with van der Waals surface area (Å²) in [6.45, 7) is -0.424. The molecular weight excluding hydrogens is 310 g/mol. The van der Waals surface area contributed by atoms with Gasteiger partial charge in [-0.15, -0.1) is 0 Å². The van der Waals surface area contributed by atoms with E-state index in [9.17, 15) is 19.5 Å². The summed E-state index contributed by atoms with van der Waals surface area (Å²) in [5.41, 5.74) is 0.530. The van der Waals surface area contributed by atoms with Gasteiger partial charge < -0.3 is 14.6 Å². The average molecular weight is 323 g/mol. The first-order valence-electron chi connectivity index (χ1n) is 6.15. The molecule has 8 heteroatoms. The number of methoxy groups -OCH3 is 2. The number of benzene rings is 1. The van der Waals surface area contributed by atoms with Crippen LogP contribution in [0.4, 0.5) is 4.79 Å². The van der Waals surface area contributed by atoms with Crippen molar-refractivity contribution < 1.29 is 29.0 Å². The van der Waals surface area contributed by atoms with Gasteiger partial charge in [0.15, 0.2) is 11.5 Å². The van der Waals surface area contributed by atoms with E-state index in [0.717, 1.165) is 16.7 Å². The number of esters is 1. The van der Waals surface area contributed by atoms with Crippen LogP contribution in [0, 0.1) is 0 Å². The van der Waals surface area contributed by atoms with Crippen LogP contribution in [-0.2, 0) is 14.3 Å². The van der Waals surface area contributed by atoms with Crippen LogP contribution in [0.1, 0.15) is 5.56 Å². The summed E-state index contributed by atoms with van der Waals surface area (Å²) in [5.74, 6) is -1.03. The second-order valence-corrected chi connectivity index (χ2v) is 5.27. The number of aromatic hydroxyl groups is 1. The van der Waals surface area contributed by atoms with E-state index in [-0.39, 0.29) is 10.7 Å². The lowest BCUT2D eigenvalue weighted by atomic mass is 10.2. The van der Waals surface area contributed by atoms with Crippen molar-refractivity contribution in [1.29, 1.82) is 0 Å². The maximum absolute atomic E-state index is 12.1. The van der Waals surface area contributed by atoms with Crippen LogP contribution in [-0.4, -0.2) is 47.9 Å². The Morgan fingerprint density at radius 1 is 1.36 bits per heavy atom. The summed E-state index contributed by atoms with van der Waals surface area (Å²) in [7, 11) is 2.60. The van der Waals surface area contributed by atoms with Gasteiger partial charge in [-0.2, -0.15) is 0 Å². The number of imide groups is 1. The second kappa shape index (κ2) is 6.52. The quantitative estimate of drug-likeness (QED) is 0.664. The standard InChI is InChI=1S/C14H13NO6S/c1-20-10-4-3-8(5-9(10)16)6-11-13(18)15(14(19)22-11)7-12(17)21-2/h3-6,16H,7H2,1-2H3/b11-6-. The zero-order valence-electron chi connectivity index (χ0n) is 11.9. The fraction of sp³-hybridized carbons (Fsp3) is 0.214. The Hall–Kier alpha value is -2.48. The predicted octanol–water partition coefficient (Wildman–Crippen LogP) is 1.61. The summed E-state index contributed by atoms with van der Waals surface area (Å²) < 4.78 is 9.37. The number of carbonyl (C=O) groups excluding carboxylic acids is 3. The fourth-order valence-electron chi connectivity index (χ4n) is 1.78. The van der Waals surface area contributed by atoms with E-state index in [1.165, 1.54) is 26.4 Å². The lowest BCUT2D eigenvalue weighted by Gasteiger charge is -2.09. The van der Waals surface area contributed by atoms with E-state index in [4.69, 9.17) is 4.74 Å². The summed E-state index contributed by atoms with van der Waals surface area (Å²) in [4.78, 5) is 36.0. The molecule has 116 valence electrons. The van der Waals surface area contributed by atoms with Crippen molar-refractivity contribution in [3.05, 3.63) is 28.7 Å². The van der Waals surface area contributed by atoms with Crippen molar-refractivity contribution in [2.24, 2.45) is 0 Å². The topological polar surface area (TPSA) is 93.1 Å². The van der Waals surface area contributed by atoms with Gasteiger partial charge >= 0.3 is 5.97 Å². The minimum Gasteiger partial charge on any atom is -0.504 e. The van der Waals surface area contributed by atoms with Gasteiger partial charge in [0.05, 0.1) is 19.1 Å². The Morgan fingerprint density at radius 3 is 2.68 bits per heavy atom. The Labute approximate surface area is 130 Å². The summed E-state index contributed by atoms with van der Waals surface area (Å²) in [5, 5.41) is 9.16. The van der Waals surface area contributed by atoms with Crippen LogP contribution in [0.5, 0.6) is 11.5 Å². The molecule has 1 aliphatic heterocycles. The third kappa shape index (κ3) is 3.22. The zero-order chi connectivity index (χ0) is 16.3. The number of ether oxygens (including phenoxy) is 2. The highest BCUT2D eigenvalue weighted by Gasteiger charge is 2.36. The molecule has 2 amide bonds. The molecule has 0 aromatic heterocycles. The van der Waals surface area contributed by atoms with Gasteiger partial charge in [-0.25, -0.2) is 0 Å². The zero-order valence-corrected chi connectivity index (χ0v) is 12.7. The number of nitrogens with zero attached hydrogens (tertiary/aromatic N) is 1. The van der Waals surface area contributed by atoms with Gasteiger partial charge in [0.25, 0.3) is 11.1 Å². The number of amides is 2. The van der Waals surface area contributed by atoms with E-state index >= 15 is 0 Å². The molecule has 7 nitrogen and oxygen atoms in total. The van der Waals surface area contributed by atoms with Crippen LogP contribution in [0.3, 0.4) is 0 Å². The molecule has 1 heterocycles. The van der Waals surface area contributed by atoms with Gasteiger partial charge in [-0.05, 0) is 35.5 Å². The van der Waals surface area contributed by atoms with E-state index in [0.29, 0.717) is 11.3 Å².